The van der Waals surface area contributed by atoms with Crippen LogP contribution in [0.4, 0.5) is 4.39 Å². The summed E-state index contributed by atoms with van der Waals surface area (Å²) in [7, 11) is 0. The molecule has 4 fully saturated rings. The van der Waals surface area contributed by atoms with Crippen LogP contribution in [0.2, 0.25) is 0 Å². The van der Waals surface area contributed by atoms with Crippen LogP contribution in [0, 0.1) is 29.0 Å². The Morgan fingerprint density at radius 1 is 1.28 bits per heavy atom. The summed E-state index contributed by atoms with van der Waals surface area (Å²) < 4.78 is 21.3. The number of imide groups is 1. The summed E-state index contributed by atoms with van der Waals surface area (Å²) in [5.41, 5.74) is 0.735. The van der Waals surface area contributed by atoms with Crippen molar-refractivity contribution < 1.29 is 28.6 Å². The molecule has 5 rings (SSSR count). The predicted molar refractivity (Wildman–Crippen MR) is 114 cm³/mol. The van der Waals surface area contributed by atoms with Gasteiger partial charge in [-0.2, -0.15) is 0 Å². The average Bonchev–Trinajstić information content (AvgIpc) is 3.56. The predicted octanol–water partition coefficient (Wildman–Crippen LogP) is 4.37. The number of hydrogen-bond acceptors (Lipinski definition) is 4. The van der Waals surface area contributed by atoms with Crippen LogP contribution in [0.25, 0.3) is 0 Å². The van der Waals surface area contributed by atoms with Crippen molar-refractivity contribution >= 4 is 17.8 Å². The van der Waals surface area contributed by atoms with Gasteiger partial charge in [-0.25, -0.2) is 9.18 Å². The third-order valence-electron chi connectivity index (χ3n) is 8.46. The zero-order valence-corrected chi connectivity index (χ0v) is 18.6. The molecule has 0 bridgehead atoms. The molecule has 7 heteroatoms. The van der Waals surface area contributed by atoms with E-state index >= 15 is 4.39 Å². The van der Waals surface area contributed by atoms with E-state index < -0.39 is 35.6 Å². The number of nitrogens with zero attached hydrogens (tertiary/aromatic N) is 1. The molecule has 6 nitrogen and oxygen atoms in total. The third-order valence-corrected chi connectivity index (χ3v) is 8.46. The first-order chi connectivity index (χ1) is 15.3. The van der Waals surface area contributed by atoms with Crippen molar-refractivity contribution in [2.24, 2.45) is 23.2 Å². The third kappa shape index (κ3) is 3.23. The van der Waals surface area contributed by atoms with Crippen molar-refractivity contribution in [3.8, 4) is 5.75 Å². The van der Waals surface area contributed by atoms with Crippen molar-refractivity contribution in [3.05, 3.63) is 29.1 Å². The first-order valence-electron chi connectivity index (χ1n) is 11.8. The van der Waals surface area contributed by atoms with Crippen LogP contribution in [0.1, 0.15) is 80.6 Å². The first-order valence-corrected chi connectivity index (χ1v) is 11.8. The Morgan fingerprint density at radius 3 is 2.62 bits per heavy atom. The second-order valence-corrected chi connectivity index (χ2v) is 10.3. The highest BCUT2D eigenvalue weighted by Gasteiger charge is 2.54. The Bertz CT molecular complexity index is 989. The van der Waals surface area contributed by atoms with E-state index in [9.17, 15) is 19.5 Å². The van der Waals surface area contributed by atoms with Gasteiger partial charge in [0.1, 0.15) is 17.6 Å². The zero-order valence-electron chi connectivity index (χ0n) is 18.6. The van der Waals surface area contributed by atoms with E-state index in [2.05, 4.69) is 6.92 Å². The molecule has 0 radical (unpaired) electrons. The van der Waals surface area contributed by atoms with Crippen LogP contribution in [0.3, 0.4) is 0 Å². The van der Waals surface area contributed by atoms with Crippen LogP contribution < -0.4 is 4.74 Å². The number of β-lactam (4-membered cyclic amide) rings is 1. The maximum atomic E-state index is 15.1. The minimum absolute atomic E-state index is 0.196. The number of likely N-dealkylation sites (tertiary alicyclic amines) is 1. The van der Waals surface area contributed by atoms with Crippen LogP contribution >= 0.6 is 0 Å². The highest BCUT2D eigenvalue weighted by atomic mass is 19.1. The van der Waals surface area contributed by atoms with Crippen molar-refractivity contribution in [2.45, 2.75) is 70.8 Å². The van der Waals surface area contributed by atoms with E-state index in [1.807, 2.05) is 0 Å². The Balaban J connectivity index is 1.38. The van der Waals surface area contributed by atoms with Gasteiger partial charge in [0.2, 0.25) is 5.91 Å². The molecule has 1 aromatic carbocycles. The molecule has 3 aliphatic carbocycles. The molecule has 0 spiro atoms. The maximum Gasteiger partial charge on any atom is 0.327 e. The highest BCUT2D eigenvalue weighted by Crippen LogP contribution is 2.60. The summed E-state index contributed by atoms with van der Waals surface area (Å²) >= 11 is 0. The quantitative estimate of drug-likeness (QED) is 0.500. The summed E-state index contributed by atoms with van der Waals surface area (Å²) in [4.78, 5) is 37.2. The van der Waals surface area contributed by atoms with Gasteiger partial charge in [0.15, 0.2) is 0 Å². The van der Waals surface area contributed by atoms with Gasteiger partial charge < -0.3 is 9.84 Å². The topological polar surface area (TPSA) is 83.9 Å². The van der Waals surface area contributed by atoms with Gasteiger partial charge in [-0.3, -0.25) is 14.5 Å². The molecule has 1 aliphatic heterocycles. The molecular formula is C25H30FNO5. The molecule has 5 atom stereocenters. The van der Waals surface area contributed by atoms with E-state index in [0.717, 1.165) is 37.2 Å². The Hall–Kier alpha value is -2.44. The lowest BCUT2D eigenvalue weighted by atomic mass is 9.62. The summed E-state index contributed by atoms with van der Waals surface area (Å²) in [6.45, 7) is 4.27. The molecule has 0 aromatic heterocycles. The van der Waals surface area contributed by atoms with Crippen molar-refractivity contribution in [1.29, 1.82) is 0 Å². The molecule has 1 saturated heterocycles. The van der Waals surface area contributed by atoms with Gasteiger partial charge in [0, 0.05) is 11.5 Å². The molecule has 4 aliphatic rings. The fraction of sp³-hybridized carbons (Fsp3) is 0.640. The molecule has 1 N–H and O–H groups in total. The minimum Gasteiger partial charge on any atom is -0.493 e. The number of carboxylic acids is 1. The van der Waals surface area contributed by atoms with Gasteiger partial charge in [-0.1, -0.05) is 20.3 Å². The molecular weight excluding hydrogens is 413 g/mol. The minimum atomic E-state index is -1.26. The van der Waals surface area contributed by atoms with Gasteiger partial charge in [0.25, 0.3) is 5.91 Å². The van der Waals surface area contributed by atoms with Crippen molar-refractivity contribution in [2.75, 3.05) is 6.61 Å². The molecule has 1 aromatic rings. The number of carbonyl (C=O) groups excluding carboxylic acids is 2. The summed E-state index contributed by atoms with van der Waals surface area (Å²) in [6, 6.07) is 1.50. The maximum absolute atomic E-state index is 15.1. The number of amides is 2. The van der Waals surface area contributed by atoms with E-state index in [-0.39, 0.29) is 16.9 Å². The Labute approximate surface area is 187 Å². The number of rotatable bonds is 7. The van der Waals surface area contributed by atoms with Gasteiger partial charge in [-0.05, 0) is 67.9 Å². The fourth-order valence-corrected chi connectivity index (χ4v) is 6.12. The molecule has 3 saturated carbocycles. The molecule has 2 amide bonds. The average molecular weight is 444 g/mol. The number of hydrogen-bond donors (Lipinski definition) is 1. The van der Waals surface area contributed by atoms with E-state index in [0.29, 0.717) is 23.2 Å². The van der Waals surface area contributed by atoms with Crippen LogP contribution in [-0.2, 0) is 9.59 Å². The summed E-state index contributed by atoms with van der Waals surface area (Å²) in [6.07, 6.45) is 7.88. The second-order valence-electron chi connectivity index (χ2n) is 10.3. The fourth-order valence-electron chi connectivity index (χ4n) is 6.12. The smallest absolute Gasteiger partial charge is 0.327 e. The first kappa shape index (κ1) is 21.4. The van der Waals surface area contributed by atoms with E-state index in [4.69, 9.17) is 4.74 Å². The Kier molecular flexibility index (Phi) is 5.06. The normalized spacial score (nSPS) is 33.3. The summed E-state index contributed by atoms with van der Waals surface area (Å²) in [5, 5.41) is 9.36. The van der Waals surface area contributed by atoms with Gasteiger partial charge in [0.05, 0.1) is 18.1 Å². The number of benzene rings is 1. The van der Waals surface area contributed by atoms with E-state index in [1.165, 1.54) is 38.3 Å². The van der Waals surface area contributed by atoms with Crippen LogP contribution in [0.5, 0.6) is 5.75 Å². The van der Waals surface area contributed by atoms with Crippen molar-refractivity contribution in [3.63, 3.8) is 0 Å². The number of aliphatic carboxylic acids is 1. The van der Waals surface area contributed by atoms with Gasteiger partial charge >= 0.3 is 5.97 Å². The number of carbonyl (C=O) groups is 3. The standard InChI is InChI=1S/C25H30FNO5/c1-3-14-8-16-6-7-25(16,11-14)12-32-20-10-19(26)18(9-17(20)15-4-5-15)23(29)27-21(24(30)31)13(2)22(27)28/h9-10,13-16,21H,3-8,11-12H2,1-2H3,(H,30,31)/t13-,14?,16?,21?,25?/m0/s1. The van der Waals surface area contributed by atoms with Gasteiger partial charge in [-0.15, -0.1) is 0 Å². The van der Waals surface area contributed by atoms with Crippen molar-refractivity contribution in [1.82, 2.24) is 4.90 Å². The Morgan fingerprint density at radius 2 is 2.03 bits per heavy atom. The highest BCUT2D eigenvalue weighted by molar-refractivity contribution is 6.13. The van der Waals surface area contributed by atoms with Crippen LogP contribution in [0.15, 0.2) is 12.1 Å². The van der Waals surface area contributed by atoms with Crippen LogP contribution in [-0.4, -0.2) is 40.4 Å². The number of carboxylic acid groups (broad SMARTS) is 1. The SMILES string of the molecule is CCC1CC2CCC2(COc2cc(F)c(C(=O)N3C(=O)[C@@H](C)C3C(=O)O)cc2C2CC2)C1. The number of fused-ring (bicyclic) bond motifs is 1. The molecule has 32 heavy (non-hydrogen) atoms. The molecule has 1 heterocycles. The number of halogens is 1. The zero-order chi connectivity index (χ0) is 22.8. The summed E-state index contributed by atoms with van der Waals surface area (Å²) in [5.74, 6) is -2.17. The second kappa shape index (κ2) is 7.56. The monoisotopic (exact) mass is 443 g/mol. The number of ether oxygens (including phenoxy) is 1. The lowest BCUT2D eigenvalue weighted by molar-refractivity contribution is -0.165. The van der Waals surface area contributed by atoms with E-state index in [1.54, 1.807) is 0 Å². The largest absolute Gasteiger partial charge is 0.493 e. The molecule has 172 valence electrons. The lowest BCUT2D eigenvalue weighted by Gasteiger charge is -2.45. The lowest BCUT2D eigenvalue weighted by Crippen LogP contribution is -2.65. The molecule has 4 unspecified atom stereocenters.